The van der Waals surface area contributed by atoms with Crippen LogP contribution in [0.4, 0.5) is 0 Å². The standard InChI is InChI=1S/2C5H11N/c2*6-5-3-1-2-4-5/h2*5H,1-4,6H2. The summed E-state index contributed by atoms with van der Waals surface area (Å²) in [6.07, 6.45) is 10.5. The molecular weight excluding hydrogens is 148 g/mol. The normalized spacial score (nSPS) is 25.5. The molecule has 4 N–H and O–H groups in total. The highest BCUT2D eigenvalue weighted by Crippen LogP contribution is 2.15. The Morgan fingerprint density at radius 1 is 0.583 bits per heavy atom. The van der Waals surface area contributed by atoms with Crippen molar-refractivity contribution < 1.29 is 0 Å². The van der Waals surface area contributed by atoms with Crippen LogP contribution < -0.4 is 11.5 Å². The van der Waals surface area contributed by atoms with Crippen LogP contribution in [0.25, 0.3) is 0 Å². The Labute approximate surface area is 75.7 Å². The Kier molecular flexibility index (Phi) is 4.62. The van der Waals surface area contributed by atoms with Crippen molar-refractivity contribution in [3.05, 3.63) is 0 Å². The average molecular weight is 170 g/mol. The van der Waals surface area contributed by atoms with Crippen molar-refractivity contribution in [1.29, 1.82) is 0 Å². The van der Waals surface area contributed by atoms with E-state index in [9.17, 15) is 0 Å². The van der Waals surface area contributed by atoms with E-state index in [0.717, 1.165) is 0 Å². The molecule has 0 aliphatic heterocycles. The van der Waals surface area contributed by atoms with E-state index < -0.39 is 0 Å². The quantitative estimate of drug-likeness (QED) is 0.582. The first kappa shape index (κ1) is 10.0. The second kappa shape index (κ2) is 5.55. The average Bonchev–Trinajstić information content (AvgIpc) is 2.63. The first-order valence-electron chi connectivity index (χ1n) is 5.30. The Morgan fingerprint density at radius 3 is 0.917 bits per heavy atom. The van der Waals surface area contributed by atoms with Gasteiger partial charge in [0.1, 0.15) is 0 Å². The van der Waals surface area contributed by atoms with E-state index >= 15 is 0 Å². The molecule has 72 valence electrons. The van der Waals surface area contributed by atoms with Crippen LogP contribution in [0.5, 0.6) is 0 Å². The molecule has 2 fully saturated rings. The molecule has 0 aromatic heterocycles. The van der Waals surface area contributed by atoms with Gasteiger partial charge in [-0.25, -0.2) is 0 Å². The fourth-order valence-electron chi connectivity index (χ4n) is 1.91. The van der Waals surface area contributed by atoms with Crippen LogP contribution in [0, 0.1) is 0 Å². The SMILES string of the molecule is NC1CCCC1.NC1CCCC1. The van der Waals surface area contributed by atoms with Gasteiger partial charge in [-0.1, -0.05) is 25.7 Å². The second-order valence-corrected chi connectivity index (χ2v) is 4.09. The van der Waals surface area contributed by atoms with Gasteiger partial charge in [0, 0.05) is 12.1 Å². The summed E-state index contributed by atoms with van der Waals surface area (Å²) in [5.74, 6) is 0. The van der Waals surface area contributed by atoms with E-state index in [4.69, 9.17) is 11.5 Å². The summed E-state index contributed by atoms with van der Waals surface area (Å²) in [6.45, 7) is 0. The third-order valence-corrected chi connectivity index (χ3v) is 2.80. The third kappa shape index (κ3) is 4.07. The fourth-order valence-corrected chi connectivity index (χ4v) is 1.91. The zero-order valence-corrected chi connectivity index (χ0v) is 7.97. The summed E-state index contributed by atoms with van der Waals surface area (Å²) < 4.78 is 0. The molecule has 0 bridgehead atoms. The van der Waals surface area contributed by atoms with E-state index in [1.807, 2.05) is 0 Å². The van der Waals surface area contributed by atoms with Crippen LogP contribution in [-0.2, 0) is 0 Å². The van der Waals surface area contributed by atoms with Crippen molar-refractivity contribution in [3.63, 3.8) is 0 Å². The predicted molar refractivity (Wildman–Crippen MR) is 52.9 cm³/mol. The van der Waals surface area contributed by atoms with Gasteiger partial charge >= 0.3 is 0 Å². The highest BCUT2D eigenvalue weighted by molar-refractivity contribution is 4.68. The fraction of sp³-hybridized carbons (Fsp3) is 1.00. The van der Waals surface area contributed by atoms with Crippen molar-refractivity contribution in [1.82, 2.24) is 0 Å². The minimum absolute atomic E-state index is 0.546. The van der Waals surface area contributed by atoms with E-state index in [1.54, 1.807) is 0 Å². The molecule has 0 aromatic rings. The number of hydrogen-bond acceptors (Lipinski definition) is 2. The molecule has 2 saturated carbocycles. The van der Waals surface area contributed by atoms with Gasteiger partial charge in [0.2, 0.25) is 0 Å². The van der Waals surface area contributed by atoms with E-state index in [-0.39, 0.29) is 0 Å². The molecule has 2 nitrogen and oxygen atoms in total. The van der Waals surface area contributed by atoms with Crippen molar-refractivity contribution in [2.75, 3.05) is 0 Å². The Bertz CT molecular complexity index is 88.4. The summed E-state index contributed by atoms with van der Waals surface area (Å²) in [5.41, 5.74) is 11.1. The molecule has 2 rings (SSSR count). The first-order valence-corrected chi connectivity index (χ1v) is 5.30. The molecule has 0 saturated heterocycles. The molecule has 0 aromatic carbocycles. The van der Waals surface area contributed by atoms with E-state index in [2.05, 4.69) is 0 Å². The van der Waals surface area contributed by atoms with Crippen LogP contribution in [0.2, 0.25) is 0 Å². The van der Waals surface area contributed by atoms with Crippen molar-refractivity contribution in [3.8, 4) is 0 Å². The Balaban J connectivity index is 0.000000120. The van der Waals surface area contributed by atoms with Gasteiger partial charge in [0.05, 0.1) is 0 Å². The summed E-state index contributed by atoms with van der Waals surface area (Å²) in [4.78, 5) is 0. The molecule has 2 heteroatoms. The minimum atomic E-state index is 0.546. The molecule has 0 amide bonds. The van der Waals surface area contributed by atoms with Crippen molar-refractivity contribution in [2.45, 2.75) is 63.5 Å². The highest BCUT2D eigenvalue weighted by atomic mass is 14.6. The third-order valence-electron chi connectivity index (χ3n) is 2.80. The van der Waals surface area contributed by atoms with Crippen molar-refractivity contribution >= 4 is 0 Å². The maximum atomic E-state index is 5.53. The van der Waals surface area contributed by atoms with Crippen LogP contribution in [0.3, 0.4) is 0 Å². The Morgan fingerprint density at radius 2 is 0.833 bits per heavy atom. The largest absolute Gasteiger partial charge is 0.328 e. The molecule has 0 heterocycles. The molecular formula is C10H22N2. The van der Waals surface area contributed by atoms with Gasteiger partial charge in [-0.3, -0.25) is 0 Å². The van der Waals surface area contributed by atoms with Gasteiger partial charge in [-0.05, 0) is 25.7 Å². The van der Waals surface area contributed by atoms with Crippen LogP contribution >= 0.6 is 0 Å². The van der Waals surface area contributed by atoms with Crippen molar-refractivity contribution in [2.24, 2.45) is 11.5 Å². The van der Waals surface area contributed by atoms with Gasteiger partial charge < -0.3 is 11.5 Å². The molecule has 0 radical (unpaired) electrons. The van der Waals surface area contributed by atoms with Gasteiger partial charge in [-0.2, -0.15) is 0 Å². The molecule has 12 heavy (non-hydrogen) atoms. The summed E-state index contributed by atoms with van der Waals surface area (Å²) in [6, 6.07) is 1.09. The topological polar surface area (TPSA) is 52.0 Å². The number of hydrogen-bond donors (Lipinski definition) is 2. The Hall–Kier alpha value is -0.0800. The smallest absolute Gasteiger partial charge is 0.00388 e. The van der Waals surface area contributed by atoms with Gasteiger partial charge in [0.15, 0.2) is 0 Å². The summed E-state index contributed by atoms with van der Waals surface area (Å²) >= 11 is 0. The molecule has 2 aliphatic carbocycles. The zero-order chi connectivity index (χ0) is 8.81. The molecule has 2 aliphatic rings. The first-order chi connectivity index (χ1) is 5.79. The maximum Gasteiger partial charge on any atom is 0.00388 e. The maximum absolute atomic E-state index is 5.53. The lowest BCUT2D eigenvalue weighted by Gasteiger charge is -1.92. The molecule has 0 unspecified atom stereocenters. The van der Waals surface area contributed by atoms with Gasteiger partial charge in [0.25, 0.3) is 0 Å². The summed E-state index contributed by atoms with van der Waals surface area (Å²) in [5, 5.41) is 0. The monoisotopic (exact) mass is 170 g/mol. The minimum Gasteiger partial charge on any atom is -0.328 e. The van der Waals surface area contributed by atoms with E-state index in [0.29, 0.717) is 12.1 Å². The van der Waals surface area contributed by atoms with Crippen LogP contribution in [0.1, 0.15) is 51.4 Å². The van der Waals surface area contributed by atoms with E-state index in [1.165, 1.54) is 51.4 Å². The second-order valence-electron chi connectivity index (χ2n) is 4.09. The summed E-state index contributed by atoms with van der Waals surface area (Å²) in [7, 11) is 0. The number of rotatable bonds is 0. The highest BCUT2D eigenvalue weighted by Gasteiger charge is 2.08. The van der Waals surface area contributed by atoms with Crippen LogP contribution in [0.15, 0.2) is 0 Å². The number of nitrogens with two attached hydrogens (primary N) is 2. The predicted octanol–water partition coefficient (Wildman–Crippen LogP) is 1.78. The lowest BCUT2D eigenvalue weighted by Crippen LogP contribution is -2.13. The molecule has 0 spiro atoms. The molecule has 0 atom stereocenters. The van der Waals surface area contributed by atoms with Gasteiger partial charge in [-0.15, -0.1) is 0 Å². The lowest BCUT2D eigenvalue weighted by molar-refractivity contribution is 0.704. The lowest BCUT2D eigenvalue weighted by atomic mass is 10.3. The zero-order valence-electron chi connectivity index (χ0n) is 7.97. The van der Waals surface area contributed by atoms with Crippen LogP contribution in [-0.4, -0.2) is 12.1 Å².